The molecule has 0 aromatic rings. The molecule has 0 aliphatic heterocycles. The summed E-state index contributed by atoms with van der Waals surface area (Å²) >= 11 is 0. The highest BCUT2D eigenvalue weighted by Gasteiger charge is 2.61. The number of ketones is 1. The standard InChI is InChI=1S/C28H48O/c1-18(2)8-7-9-19(3)22-12-13-24-21-10-11-23-20(4)26(29)15-17-28(23,6)25(21)14-16-27(22,24)5/h18-25H,7-17H2,1-6H3/t19-,20+,21+,22-,23+,24+,25-,27-,28+/m1/s1. The Morgan fingerprint density at radius 2 is 1.55 bits per heavy atom. The molecule has 0 N–H and O–H groups in total. The first kappa shape index (κ1) is 21.9. The third-order valence-corrected chi connectivity index (χ3v) is 11.2. The summed E-state index contributed by atoms with van der Waals surface area (Å²) in [6.45, 7) is 14.9. The first-order valence-electron chi connectivity index (χ1n) is 13.2. The first-order chi connectivity index (χ1) is 13.7. The topological polar surface area (TPSA) is 17.1 Å². The van der Waals surface area contributed by atoms with Crippen LogP contribution in [0.4, 0.5) is 0 Å². The van der Waals surface area contributed by atoms with E-state index in [1.807, 2.05) is 0 Å². The van der Waals surface area contributed by atoms with Gasteiger partial charge in [-0.2, -0.15) is 0 Å². The molecule has 0 aromatic carbocycles. The van der Waals surface area contributed by atoms with Gasteiger partial charge in [-0.25, -0.2) is 0 Å². The van der Waals surface area contributed by atoms with E-state index in [1.165, 1.54) is 64.2 Å². The van der Waals surface area contributed by atoms with Crippen molar-refractivity contribution in [2.75, 3.05) is 0 Å². The van der Waals surface area contributed by atoms with E-state index in [2.05, 4.69) is 41.5 Å². The molecule has 4 saturated carbocycles. The van der Waals surface area contributed by atoms with Crippen molar-refractivity contribution in [1.29, 1.82) is 0 Å². The van der Waals surface area contributed by atoms with Crippen molar-refractivity contribution in [1.82, 2.24) is 0 Å². The van der Waals surface area contributed by atoms with E-state index in [4.69, 9.17) is 0 Å². The van der Waals surface area contributed by atoms with Crippen molar-refractivity contribution in [2.45, 2.75) is 112 Å². The van der Waals surface area contributed by atoms with Crippen LogP contribution in [0.15, 0.2) is 0 Å². The van der Waals surface area contributed by atoms with E-state index in [0.717, 1.165) is 41.9 Å². The maximum absolute atomic E-state index is 12.4. The molecule has 0 spiro atoms. The number of fused-ring (bicyclic) bond motifs is 5. The SMILES string of the molecule is CC(C)CCC[C@@H](C)[C@H]1CC[C@H]2[C@@H]3CC[C@H]4[C@H](C)C(=O)CC[C@]4(C)[C@@H]3CC[C@]12C. The molecule has 29 heavy (non-hydrogen) atoms. The van der Waals surface area contributed by atoms with Crippen molar-refractivity contribution < 1.29 is 4.79 Å². The molecule has 0 heterocycles. The second-order valence-corrected chi connectivity index (χ2v) is 12.9. The Bertz CT molecular complexity index is 607. The Balaban J connectivity index is 1.48. The van der Waals surface area contributed by atoms with Gasteiger partial charge in [0.15, 0.2) is 0 Å². The van der Waals surface area contributed by atoms with Gasteiger partial charge in [0.25, 0.3) is 0 Å². The minimum absolute atomic E-state index is 0.320. The normalized spacial score (nSPS) is 48.2. The van der Waals surface area contributed by atoms with Gasteiger partial charge in [0, 0.05) is 12.3 Å². The Morgan fingerprint density at radius 1 is 0.862 bits per heavy atom. The van der Waals surface area contributed by atoms with Crippen LogP contribution < -0.4 is 0 Å². The van der Waals surface area contributed by atoms with Crippen LogP contribution >= 0.6 is 0 Å². The van der Waals surface area contributed by atoms with Gasteiger partial charge in [0.05, 0.1) is 0 Å². The lowest BCUT2D eigenvalue weighted by Gasteiger charge is -2.61. The van der Waals surface area contributed by atoms with Crippen LogP contribution in [0, 0.1) is 58.2 Å². The van der Waals surface area contributed by atoms with Crippen LogP contribution in [0.3, 0.4) is 0 Å². The van der Waals surface area contributed by atoms with Crippen LogP contribution in [-0.4, -0.2) is 5.78 Å². The zero-order chi connectivity index (χ0) is 21.0. The Morgan fingerprint density at radius 3 is 2.28 bits per heavy atom. The smallest absolute Gasteiger partial charge is 0.136 e. The Hall–Kier alpha value is -0.330. The number of Topliss-reactive ketones (excluding diaryl/α,β-unsaturated/α-hetero) is 1. The van der Waals surface area contributed by atoms with E-state index in [0.29, 0.717) is 28.4 Å². The maximum Gasteiger partial charge on any atom is 0.136 e. The molecule has 4 aliphatic carbocycles. The lowest BCUT2D eigenvalue weighted by atomic mass is 9.43. The van der Waals surface area contributed by atoms with Gasteiger partial charge in [-0.15, -0.1) is 0 Å². The van der Waals surface area contributed by atoms with E-state index in [1.54, 1.807) is 0 Å². The zero-order valence-electron chi connectivity index (χ0n) is 20.3. The van der Waals surface area contributed by atoms with Gasteiger partial charge >= 0.3 is 0 Å². The van der Waals surface area contributed by atoms with Crippen LogP contribution in [0.25, 0.3) is 0 Å². The molecule has 0 saturated heterocycles. The summed E-state index contributed by atoms with van der Waals surface area (Å²) in [4.78, 5) is 12.4. The van der Waals surface area contributed by atoms with E-state index >= 15 is 0 Å². The molecule has 4 rings (SSSR count). The highest BCUT2D eigenvalue weighted by molar-refractivity contribution is 5.82. The molecule has 4 aliphatic rings. The van der Waals surface area contributed by atoms with Gasteiger partial charge in [-0.1, -0.05) is 60.8 Å². The van der Waals surface area contributed by atoms with Crippen LogP contribution in [0.5, 0.6) is 0 Å². The van der Waals surface area contributed by atoms with E-state index < -0.39 is 0 Å². The summed E-state index contributed by atoms with van der Waals surface area (Å²) in [6, 6.07) is 0. The molecule has 166 valence electrons. The lowest BCUT2D eigenvalue weighted by Crippen LogP contribution is -2.55. The van der Waals surface area contributed by atoms with Crippen molar-refractivity contribution in [3.8, 4) is 0 Å². The number of carbonyl (C=O) groups is 1. The molecule has 4 fully saturated rings. The Labute approximate surface area is 181 Å². The second-order valence-electron chi connectivity index (χ2n) is 12.9. The van der Waals surface area contributed by atoms with Crippen LogP contribution in [-0.2, 0) is 4.79 Å². The molecule has 0 bridgehead atoms. The van der Waals surface area contributed by atoms with Crippen molar-refractivity contribution >= 4 is 5.78 Å². The van der Waals surface area contributed by atoms with E-state index in [-0.39, 0.29) is 0 Å². The molecule has 0 amide bonds. The lowest BCUT2D eigenvalue weighted by molar-refractivity contribution is -0.150. The quantitative estimate of drug-likeness (QED) is 0.458. The van der Waals surface area contributed by atoms with Gasteiger partial charge in [-0.05, 0) is 97.2 Å². The van der Waals surface area contributed by atoms with Gasteiger partial charge < -0.3 is 0 Å². The highest BCUT2D eigenvalue weighted by atomic mass is 16.1. The summed E-state index contributed by atoms with van der Waals surface area (Å²) in [7, 11) is 0. The molecule has 1 nitrogen and oxygen atoms in total. The van der Waals surface area contributed by atoms with Crippen LogP contribution in [0.1, 0.15) is 112 Å². The summed E-state index contributed by atoms with van der Waals surface area (Å²) in [5.41, 5.74) is 1.04. The minimum Gasteiger partial charge on any atom is -0.299 e. The fraction of sp³-hybridized carbons (Fsp3) is 0.964. The molecule has 0 radical (unpaired) electrons. The number of hydrogen-bond acceptors (Lipinski definition) is 1. The van der Waals surface area contributed by atoms with Crippen molar-refractivity contribution in [3.05, 3.63) is 0 Å². The third kappa shape index (κ3) is 3.55. The van der Waals surface area contributed by atoms with Gasteiger partial charge in [0.2, 0.25) is 0 Å². The molecular weight excluding hydrogens is 352 g/mol. The predicted molar refractivity (Wildman–Crippen MR) is 123 cm³/mol. The summed E-state index contributed by atoms with van der Waals surface area (Å²) in [6.07, 6.45) is 14.9. The largest absolute Gasteiger partial charge is 0.299 e. The van der Waals surface area contributed by atoms with Crippen LogP contribution in [0.2, 0.25) is 0 Å². The monoisotopic (exact) mass is 400 g/mol. The first-order valence-corrected chi connectivity index (χ1v) is 13.2. The summed E-state index contributed by atoms with van der Waals surface area (Å²) < 4.78 is 0. The fourth-order valence-corrected chi connectivity index (χ4v) is 9.55. The van der Waals surface area contributed by atoms with Crippen molar-refractivity contribution in [3.63, 3.8) is 0 Å². The average Bonchev–Trinajstić information content (AvgIpc) is 3.02. The molecular formula is C28H48O. The minimum atomic E-state index is 0.320. The zero-order valence-corrected chi connectivity index (χ0v) is 20.3. The van der Waals surface area contributed by atoms with E-state index in [9.17, 15) is 4.79 Å². The summed E-state index contributed by atoms with van der Waals surface area (Å²) in [5, 5.41) is 0. The highest BCUT2D eigenvalue weighted by Crippen LogP contribution is 2.68. The van der Waals surface area contributed by atoms with Gasteiger partial charge in [0.1, 0.15) is 5.78 Å². The number of rotatable bonds is 5. The maximum atomic E-state index is 12.4. The third-order valence-electron chi connectivity index (χ3n) is 11.2. The summed E-state index contributed by atoms with van der Waals surface area (Å²) in [5.74, 6) is 7.06. The molecule has 9 atom stereocenters. The number of hydrogen-bond donors (Lipinski definition) is 0. The average molecular weight is 401 g/mol. The molecule has 0 unspecified atom stereocenters. The van der Waals surface area contributed by atoms with Gasteiger partial charge in [-0.3, -0.25) is 4.79 Å². The number of carbonyl (C=O) groups excluding carboxylic acids is 1. The second kappa shape index (κ2) is 7.98. The molecule has 1 heteroatoms. The fourth-order valence-electron chi connectivity index (χ4n) is 9.55. The molecule has 0 aromatic heterocycles. The van der Waals surface area contributed by atoms with Crippen molar-refractivity contribution in [2.24, 2.45) is 58.2 Å². The Kier molecular flexibility index (Phi) is 6.02. The predicted octanol–water partition coefficient (Wildman–Crippen LogP) is 7.92.